The highest BCUT2D eigenvalue weighted by atomic mass is 16.5. The highest BCUT2D eigenvalue weighted by Gasteiger charge is 2.39. The maximum absolute atomic E-state index is 11.7. The van der Waals surface area contributed by atoms with E-state index in [1.165, 1.54) is 12.8 Å². The zero-order valence-electron chi connectivity index (χ0n) is 13.5. The normalized spacial score (nSPS) is 34.9. The van der Waals surface area contributed by atoms with Gasteiger partial charge in [-0.3, -0.25) is 4.90 Å². The van der Waals surface area contributed by atoms with Crippen LogP contribution in [-0.4, -0.2) is 54.0 Å². The number of nitrogens with one attached hydrogen (secondary N) is 1. The summed E-state index contributed by atoms with van der Waals surface area (Å²) in [7, 11) is 0. The molecule has 5 nitrogen and oxygen atoms in total. The van der Waals surface area contributed by atoms with Crippen LogP contribution in [0.2, 0.25) is 0 Å². The molecule has 0 aromatic rings. The number of carbonyl (C=O) groups excluding carboxylic acids is 1. The molecule has 2 aliphatic rings. The van der Waals surface area contributed by atoms with Crippen molar-refractivity contribution in [2.45, 2.75) is 64.6 Å². The standard InChI is InChI=1S/C16H30N2O3/c1-4-15(19)12-8-13(17-16(20)21-5-2)10-18(9-12)14-7-6-11(14)3/h11-15,19H,4-10H2,1-3H3,(H,17,20). The van der Waals surface area contributed by atoms with Crippen LogP contribution in [0.25, 0.3) is 0 Å². The van der Waals surface area contributed by atoms with E-state index in [4.69, 9.17) is 4.74 Å². The SMILES string of the molecule is CCOC(=O)NC1CC(C(O)CC)CN(C2CCC2C)C1. The Morgan fingerprint density at radius 2 is 2.14 bits per heavy atom. The van der Waals surface area contributed by atoms with Crippen LogP contribution < -0.4 is 5.32 Å². The maximum atomic E-state index is 11.7. The number of nitrogens with zero attached hydrogens (tertiary/aromatic N) is 1. The van der Waals surface area contributed by atoms with Crippen LogP contribution in [0, 0.1) is 11.8 Å². The number of piperidine rings is 1. The van der Waals surface area contributed by atoms with Crippen LogP contribution in [0.1, 0.15) is 46.5 Å². The van der Waals surface area contributed by atoms with Crippen molar-refractivity contribution in [3.8, 4) is 0 Å². The van der Waals surface area contributed by atoms with Crippen molar-refractivity contribution in [1.82, 2.24) is 10.2 Å². The van der Waals surface area contributed by atoms with Gasteiger partial charge in [-0.25, -0.2) is 4.79 Å². The first-order chi connectivity index (χ1) is 10.0. The van der Waals surface area contributed by atoms with Crippen LogP contribution in [0.5, 0.6) is 0 Å². The summed E-state index contributed by atoms with van der Waals surface area (Å²) < 4.78 is 4.99. The number of amides is 1. The van der Waals surface area contributed by atoms with Gasteiger partial charge in [0, 0.05) is 25.2 Å². The Bertz CT molecular complexity index is 350. The monoisotopic (exact) mass is 298 g/mol. The van der Waals surface area contributed by atoms with E-state index in [-0.39, 0.29) is 24.2 Å². The van der Waals surface area contributed by atoms with Crippen molar-refractivity contribution >= 4 is 6.09 Å². The van der Waals surface area contributed by atoms with Crippen molar-refractivity contribution in [2.24, 2.45) is 11.8 Å². The minimum atomic E-state index is -0.337. The van der Waals surface area contributed by atoms with Crippen LogP contribution >= 0.6 is 0 Å². The van der Waals surface area contributed by atoms with Crippen LogP contribution in [0.15, 0.2) is 0 Å². The average molecular weight is 298 g/mol. The molecule has 1 saturated heterocycles. The first-order valence-electron chi connectivity index (χ1n) is 8.40. The Balaban J connectivity index is 1.97. The summed E-state index contributed by atoms with van der Waals surface area (Å²) in [5.74, 6) is 0.967. The van der Waals surface area contributed by atoms with Gasteiger partial charge in [0.15, 0.2) is 0 Å². The molecule has 1 aliphatic heterocycles. The second kappa shape index (κ2) is 7.45. The topological polar surface area (TPSA) is 61.8 Å². The van der Waals surface area contributed by atoms with Gasteiger partial charge >= 0.3 is 6.09 Å². The maximum Gasteiger partial charge on any atom is 0.407 e. The number of rotatable bonds is 5. The molecule has 1 heterocycles. The first kappa shape index (κ1) is 16.6. The van der Waals surface area contributed by atoms with Crippen molar-refractivity contribution in [1.29, 1.82) is 0 Å². The lowest BCUT2D eigenvalue weighted by molar-refractivity contribution is -0.0159. The quantitative estimate of drug-likeness (QED) is 0.815. The Morgan fingerprint density at radius 1 is 1.38 bits per heavy atom. The summed E-state index contributed by atoms with van der Waals surface area (Å²) in [5.41, 5.74) is 0. The minimum absolute atomic E-state index is 0.0804. The molecule has 1 saturated carbocycles. The molecule has 2 rings (SSSR count). The van der Waals surface area contributed by atoms with E-state index in [0.717, 1.165) is 31.8 Å². The fourth-order valence-electron chi connectivity index (χ4n) is 3.69. The fourth-order valence-corrected chi connectivity index (χ4v) is 3.69. The molecule has 1 aliphatic carbocycles. The van der Waals surface area contributed by atoms with Gasteiger partial charge in [0.25, 0.3) is 0 Å². The van der Waals surface area contributed by atoms with Crippen molar-refractivity contribution < 1.29 is 14.6 Å². The lowest BCUT2D eigenvalue weighted by atomic mass is 9.77. The second-order valence-electron chi connectivity index (χ2n) is 6.61. The predicted octanol–water partition coefficient (Wildman–Crippen LogP) is 1.99. The molecular weight excluding hydrogens is 268 g/mol. The van der Waals surface area contributed by atoms with Gasteiger partial charge in [-0.15, -0.1) is 0 Å². The number of aliphatic hydroxyl groups is 1. The molecule has 0 aromatic heterocycles. The molecule has 5 atom stereocenters. The minimum Gasteiger partial charge on any atom is -0.450 e. The number of alkyl carbamates (subject to hydrolysis) is 1. The third-order valence-electron chi connectivity index (χ3n) is 5.11. The predicted molar refractivity (Wildman–Crippen MR) is 82.1 cm³/mol. The lowest BCUT2D eigenvalue weighted by Crippen LogP contribution is -2.58. The highest BCUT2D eigenvalue weighted by Crippen LogP contribution is 2.35. The Kier molecular flexibility index (Phi) is 5.88. The van der Waals surface area contributed by atoms with Crippen LogP contribution in [-0.2, 0) is 4.74 Å². The number of hydrogen-bond acceptors (Lipinski definition) is 4. The average Bonchev–Trinajstić information content (AvgIpc) is 2.44. The molecule has 21 heavy (non-hydrogen) atoms. The molecule has 1 amide bonds. The van der Waals surface area contributed by atoms with E-state index in [9.17, 15) is 9.90 Å². The second-order valence-corrected chi connectivity index (χ2v) is 6.61. The van der Waals surface area contributed by atoms with E-state index in [0.29, 0.717) is 12.6 Å². The van der Waals surface area contributed by atoms with Gasteiger partial charge in [-0.2, -0.15) is 0 Å². The molecule has 5 heteroatoms. The van der Waals surface area contributed by atoms with Gasteiger partial charge < -0.3 is 15.2 Å². The molecule has 0 spiro atoms. The van der Waals surface area contributed by atoms with Crippen molar-refractivity contribution in [3.05, 3.63) is 0 Å². The zero-order chi connectivity index (χ0) is 15.4. The molecule has 0 bridgehead atoms. The summed E-state index contributed by atoms with van der Waals surface area (Å²) in [5, 5.41) is 13.2. The number of likely N-dealkylation sites (tertiary alicyclic amines) is 1. The molecule has 2 N–H and O–H groups in total. The fraction of sp³-hybridized carbons (Fsp3) is 0.938. The highest BCUT2D eigenvalue weighted by molar-refractivity contribution is 5.67. The molecular formula is C16H30N2O3. The van der Waals surface area contributed by atoms with Gasteiger partial charge in [-0.1, -0.05) is 13.8 Å². The molecule has 0 radical (unpaired) electrons. The van der Waals surface area contributed by atoms with E-state index in [2.05, 4.69) is 17.1 Å². The van der Waals surface area contributed by atoms with Gasteiger partial charge in [0.2, 0.25) is 0 Å². The zero-order valence-corrected chi connectivity index (χ0v) is 13.5. The summed E-state index contributed by atoms with van der Waals surface area (Å²) in [6, 6.07) is 0.695. The number of carbonyl (C=O) groups is 1. The van der Waals surface area contributed by atoms with Gasteiger partial charge in [0.05, 0.1) is 12.7 Å². The number of hydrogen-bond donors (Lipinski definition) is 2. The molecule has 5 unspecified atom stereocenters. The number of ether oxygens (including phenoxy) is 1. The van der Waals surface area contributed by atoms with E-state index in [1.807, 2.05) is 13.8 Å². The van der Waals surface area contributed by atoms with E-state index >= 15 is 0 Å². The molecule has 122 valence electrons. The summed E-state index contributed by atoms with van der Waals surface area (Å²) in [4.78, 5) is 14.1. The van der Waals surface area contributed by atoms with Gasteiger partial charge in [-0.05, 0) is 44.4 Å². The summed E-state index contributed by atoms with van der Waals surface area (Å²) in [6.07, 6.45) is 3.52. The molecule has 0 aromatic carbocycles. The Labute approximate surface area is 128 Å². The Morgan fingerprint density at radius 3 is 2.67 bits per heavy atom. The van der Waals surface area contributed by atoms with Crippen LogP contribution in [0.4, 0.5) is 4.79 Å². The smallest absolute Gasteiger partial charge is 0.407 e. The first-order valence-corrected chi connectivity index (χ1v) is 8.40. The summed E-state index contributed by atoms with van der Waals surface area (Å²) >= 11 is 0. The van der Waals surface area contributed by atoms with E-state index in [1.54, 1.807) is 0 Å². The largest absolute Gasteiger partial charge is 0.450 e. The third kappa shape index (κ3) is 4.10. The third-order valence-corrected chi connectivity index (χ3v) is 5.11. The van der Waals surface area contributed by atoms with Crippen molar-refractivity contribution in [3.63, 3.8) is 0 Å². The van der Waals surface area contributed by atoms with Crippen molar-refractivity contribution in [2.75, 3.05) is 19.7 Å². The number of aliphatic hydroxyl groups excluding tert-OH is 1. The van der Waals surface area contributed by atoms with E-state index < -0.39 is 0 Å². The Hall–Kier alpha value is -0.810. The molecule has 2 fully saturated rings. The van der Waals surface area contributed by atoms with Crippen LogP contribution in [0.3, 0.4) is 0 Å². The lowest BCUT2D eigenvalue weighted by Gasteiger charge is -2.49. The van der Waals surface area contributed by atoms with Gasteiger partial charge in [0.1, 0.15) is 0 Å². The summed E-state index contributed by atoms with van der Waals surface area (Å²) in [6.45, 7) is 8.34.